The van der Waals surface area contributed by atoms with Crippen molar-refractivity contribution in [2.24, 2.45) is 0 Å². The number of anilines is 1. The van der Waals surface area contributed by atoms with Crippen LogP contribution in [0.5, 0.6) is 0 Å². The molecule has 5 nitrogen and oxygen atoms in total. The van der Waals surface area contributed by atoms with Crippen LogP contribution >= 0.6 is 10.7 Å². The molecule has 12 heteroatoms. The molecule has 0 aliphatic carbocycles. The normalized spacial score (nSPS) is 17.6. The van der Waals surface area contributed by atoms with Gasteiger partial charge in [-0.3, -0.25) is 4.31 Å². The maximum absolute atomic E-state index is 14.1. The molecule has 0 N–H and O–H groups in total. The molecule has 1 heterocycles. The fourth-order valence-corrected chi connectivity index (χ4v) is 5.34. The van der Waals surface area contributed by atoms with Crippen molar-refractivity contribution >= 4 is 35.4 Å². The molecule has 2 aromatic carbocycles. The van der Waals surface area contributed by atoms with Crippen molar-refractivity contribution in [1.82, 2.24) is 0 Å². The molecule has 0 spiro atoms. The lowest BCUT2D eigenvalue weighted by molar-refractivity contribution is -0.146. The van der Waals surface area contributed by atoms with E-state index in [1.54, 1.807) is 6.92 Å². The van der Waals surface area contributed by atoms with Crippen LogP contribution in [0.4, 0.5) is 23.2 Å². The number of fused-ring (bicyclic) bond motifs is 1. The summed E-state index contributed by atoms with van der Waals surface area (Å²) in [6.45, 7) is 0.655. The van der Waals surface area contributed by atoms with Gasteiger partial charge >= 0.3 is 6.18 Å². The minimum absolute atomic E-state index is 0.286. The second kappa shape index (κ2) is 6.60. The van der Waals surface area contributed by atoms with E-state index in [0.717, 1.165) is 5.56 Å². The van der Waals surface area contributed by atoms with Crippen LogP contribution in [-0.2, 0) is 19.1 Å². The first-order valence-electron chi connectivity index (χ1n) is 7.67. The Hall–Kier alpha value is -1.85. The van der Waals surface area contributed by atoms with Gasteiger partial charge in [0.15, 0.2) is 0 Å². The topological polar surface area (TPSA) is 71.5 Å². The maximum atomic E-state index is 14.1. The Morgan fingerprint density at radius 2 is 1.64 bits per heavy atom. The Bertz CT molecular complexity index is 1150. The lowest BCUT2D eigenvalue weighted by atomic mass is 10.0. The van der Waals surface area contributed by atoms with Crippen molar-refractivity contribution in [3.63, 3.8) is 0 Å². The number of halogens is 5. The quantitative estimate of drug-likeness (QED) is 0.517. The zero-order chi connectivity index (χ0) is 21.1. The number of sulfonamides is 1. The Balaban J connectivity index is 2.25. The van der Waals surface area contributed by atoms with Crippen LogP contribution in [0.1, 0.15) is 17.0 Å². The number of hydrogen-bond donors (Lipinski definition) is 0. The second-order valence-corrected chi connectivity index (χ2v) is 10.6. The molecule has 152 valence electrons. The van der Waals surface area contributed by atoms with Crippen molar-refractivity contribution in [3.8, 4) is 0 Å². The van der Waals surface area contributed by atoms with Crippen molar-refractivity contribution in [3.05, 3.63) is 53.3 Å². The zero-order valence-corrected chi connectivity index (χ0v) is 16.4. The number of alkyl halides is 3. The molecular formula is C16H12ClF4NO4S2. The highest BCUT2D eigenvalue weighted by molar-refractivity contribution is 8.13. The zero-order valence-electron chi connectivity index (χ0n) is 14.0. The van der Waals surface area contributed by atoms with Gasteiger partial charge in [0.25, 0.3) is 19.1 Å². The number of aryl methyl sites for hydroxylation is 1. The molecule has 0 aromatic heterocycles. The van der Waals surface area contributed by atoms with E-state index in [4.69, 9.17) is 10.7 Å². The Kier molecular flexibility index (Phi) is 4.92. The van der Waals surface area contributed by atoms with Gasteiger partial charge in [0.2, 0.25) is 0 Å². The van der Waals surface area contributed by atoms with E-state index in [0.29, 0.717) is 16.4 Å². The van der Waals surface area contributed by atoms with Crippen LogP contribution in [0.2, 0.25) is 0 Å². The third-order valence-electron chi connectivity index (χ3n) is 4.34. The van der Waals surface area contributed by atoms with Gasteiger partial charge in [-0.1, -0.05) is 17.7 Å². The molecule has 0 bridgehead atoms. The first-order chi connectivity index (χ1) is 12.7. The highest BCUT2D eigenvalue weighted by atomic mass is 35.7. The smallest absolute Gasteiger partial charge is 0.265 e. The molecule has 1 aliphatic rings. The van der Waals surface area contributed by atoms with Crippen molar-refractivity contribution in [2.75, 3.05) is 10.8 Å². The van der Waals surface area contributed by atoms with E-state index in [2.05, 4.69) is 0 Å². The van der Waals surface area contributed by atoms with E-state index in [1.165, 1.54) is 24.3 Å². The summed E-state index contributed by atoms with van der Waals surface area (Å²) >= 11 is 0. The summed E-state index contributed by atoms with van der Waals surface area (Å²) in [6, 6.07) is 6.24. The van der Waals surface area contributed by atoms with Gasteiger partial charge < -0.3 is 0 Å². The van der Waals surface area contributed by atoms with Gasteiger partial charge in [-0.25, -0.2) is 21.2 Å². The molecule has 2 aromatic rings. The lowest BCUT2D eigenvalue weighted by Gasteiger charge is -2.21. The van der Waals surface area contributed by atoms with E-state index < -0.39 is 59.7 Å². The van der Waals surface area contributed by atoms with E-state index in [-0.39, 0.29) is 4.90 Å². The Morgan fingerprint density at radius 3 is 2.14 bits per heavy atom. The third kappa shape index (κ3) is 3.58. The molecule has 0 radical (unpaired) electrons. The van der Waals surface area contributed by atoms with Crippen molar-refractivity contribution in [2.45, 2.75) is 28.8 Å². The van der Waals surface area contributed by atoms with Crippen LogP contribution in [0.3, 0.4) is 0 Å². The van der Waals surface area contributed by atoms with Gasteiger partial charge in [-0.2, -0.15) is 13.2 Å². The summed E-state index contributed by atoms with van der Waals surface area (Å²) in [7, 11) is -3.99. The number of benzene rings is 2. The molecule has 3 rings (SSSR count). The molecule has 1 atom stereocenters. The predicted octanol–water partition coefficient (Wildman–Crippen LogP) is 3.92. The van der Waals surface area contributed by atoms with Crippen molar-refractivity contribution in [1.29, 1.82) is 0 Å². The van der Waals surface area contributed by atoms with Crippen LogP contribution in [0, 0.1) is 12.7 Å². The Labute approximate surface area is 163 Å². The average Bonchev–Trinajstić information content (AvgIpc) is 2.92. The van der Waals surface area contributed by atoms with Gasteiger partial charge in [-0.15, -0.1) is 0 Å². The molecule has 0 saturated heterocycles. The average molecular weight is 458 g/mol. The minimum Gasteiger partial charge on any atom is -0.265 e. The Morgan fingerprint density at radius 1 is 1.07 bits per heavy atom. The van der Waals surface area contributed by atoms with Crippen LogP contribution in [0.25, 0.3) is 0 Å². The van der Waals surface area contributed by atoms with E-state index >= 15 is 0 Å². The molecule has 28 heavy (non-hydrogen) atoms. The van der Waals surface area contributed by atoms with Crippen LogP contribution in [0.15, 0.2) is 46.2 Å². The maximum Gasteiger partial charge on any atom is 0.397 e. The van der Waals surface area contributed by atoms with Crippen LogP contribution in [-0.4, -0.2) is 29.6 Å². The van der Waals surface area contributed by atoms with Gasteiger partial charge in [0.05, 0.1) is 17.1 Å². The van der Waals surface area contributed by atoms with Crippen LogP contribution < -0.4 is 4.31 Å². The first-order valence-corrected chi connectivity index (χ1v) is 11.4. The first kappa shape index (κ1) is 20.9. The molecule has 0 saturated carbocycles. The monoisotopic (exact) mass is 457 g/mol. The van der Waals surface area contributed by atoms with Crippen molar-refractivity contribution < 1.29 is 34.4 Å². The van der Waals surface area contributed by atoms with E-state index in [1.807, 2.05) is 0 Å². The summed E-state index contributed by atoms with van der Waals surface area (Å²) < 4.78 is 104. The lowest BCUT2D eigenvalue weighted by Crippen LogP contribution is -2.33. The summed E-state index contributed by atoms with van der Waals surface area (Å²) in [5, 5.41) is 0. The summed E-state index contributed by atoms with van der Waals surface area (Å²) in [5.74, 6) is -3.80. The van der Waals surface area contributed by atoms with Gasteiger partial charge in [-0.05, 0) is 36.8 Å². The predicted molar refractivity (Wildman–Crippen MR) is 93.9 cm³/mol. The molecule has 0 fully saturated rings. The van der Waals surface area contributed by atoms with E-state index in [9.17, 15) is 34.4 Å². The SMILES string of the molecule is Cc1ccc(S(=O)(=O)N2CC(C(F)(F)F)c3cc(F)c(S(=O)(=O)Cl)cc32)cc1. The molecule has 1 aliphatic heterocycles. The highest BCUT2D eigenvalue weighted by Gasteiger charge is 2.50. The fourth-order valence-electron chi connectivity index (χ4n) is 2.95. The standard InChI is InChI=1S/C16H12ClF4NO4S2/c1-9-2-4-10(5-3-9)28(25,26)22-8-12(16(19,20)21)11-6-13(18)15(7-14(11)22)27(17,23)24/h2-7,12H,8H2,1H3. The number of nitrogens with zero attached hydrogens (tertiary/aromatic N) is 1. The second-order valence-electron chi connectivity index (χ2n) is 6.22. The summed E-state index contributed by atoms with van der Waals surface area (Å²) in [4.78, 5) is -1.38. The summed E-state index contributed by atoms with van der Waals surface area (Å²) in [6.07, 6.45) is -4.87. The molecule has 0 amide bonds. The molecule has 1 unspecified atom stereocenters. The van der Waals surface area contributed by atoms with Gasteiger partial charge in [0.1, 0.15) is 16.6 Å². The largest absolute Gasteiger partial charge is 0.397 e. The third-order valence-corrected chi connectivity index (χ3v) is 7.47. The highest BCUT2D eigenvalue weighted by Crippen LogP contribution is 2.48. The summed E-state index contributed by atoms with van der Waals surface area (Å²) in [5.41, 5.74) is -0.528. The number of hydrogen-bond acceptors (Lipinski definition) is 4. The number of rotatable bonds is 3. The molecular weight excluding hydrogens is 446 g/mol. The van der Waals surface area contributed by atoms with Gasteiger partial charge in [0, 0.05) is 10.7 Å². The fraction of sp³-hybridized carbons (Fsp3) is 0.250. The minimum atomic E-state index is -4.87.